The molecule has 0 amide bonds. The molecule has 2 atom stereocenters. The molecule has 11 heteroatoms. The maximum atomic E-state index is 13.3. The summed E-state index contributed by atoms with van der Waals surface area (Å²) in [7, 11) is 1.68. The van der Waals surface area contributed by atoms with Crippen molar-refractivity contribution in [3.63, 3.8) is 0 Å². The van der Waals surface area contributed by atoms with Crippen LogP contribution in [0.4, 0.5) is 17.6 Å². The topological polar surface area (TPSA) is 89.9 Å². The standard InChI is InChI=1S/C11H14F4O6S/c1-20-7(16)4-22-5-10(9(19)21-2,11(13,14)15)3-6(12)8(17)18/h6H,3-5H2,1-2H3,(H,17,18). The molecule has 0 aliphatic carbocycles. The molecule has 0 aliphatic heterocycles. The van der Waals surface area contributed by atoms with Crippen LogP contribution in [0.2, 0.25) is 0 Å². The van der Waals surface area contributed by atoms with Gasteiger partial charge in [-0.2, -0.15) is 13.2 Å². The van der Waals surface area contributed by atoms with Crippen LogP contribution >= 0.6 is 11.8 Å². The van der Waals surface area contributed by atoms with Crippen molar-refractivity contribution in [2.24, 2.45) is 5.41 Å². The normalized spacial score (nSPS) is 15.5. The Labute approximate surface area is 127 Å². The fraction of sp³-hybridized carbons (Fsp3) is 0.727. The number of thioether (sulfide) groups is 1. The number of ether oxygens (including phenoxy) is 2. The molecule has 0 fully saturated rings. The number of rotatable bonds is 8. The quantitative estimate of drug-likeness (QED) is 0.523. The lowest BCUT2D eigenvalue weighted by atomic mass is 9.83. The minimum atomic E-state index is -5.26. The summed E-state index contributed by atoms with van der Waals surface area (Å²) in [6.07, 6.45) is -9.82. The van der Waals surface area contributed by atoms with Crippen molar-refractivity contribution in [1.29, 1.82) is 0 Å². The third-order valence-corrected chi connectivity index (χ3v) is 3.85. The van der Waals surface area contributed by atoms with Gasteiger partial charge in [0.25, 0.3) is 0 Å². The van der Waals surface area contributed by atoms with Gasteiger partial charge in [-0.15, -0.1) is 11.8 Å². The monoisotopic (exact) mass is 350 g/mol. The van der Waals surface area contributed by atoms with E-state index < -0.39 is 53.6 Å². The Morgan fingerprint density at radius 1 is 1.18 bits per heavy atom. The van der Waals surface area contributed by atoms with Crippen LogP contribution in [0.1, 0.15) is 6.42 Å². The first-order chi connectivity index (χ1) is 10.0. The Kier molecular flexibility index (Phi) is 7.64. The van der Waals surface area contributed by atoms with Crippen LogP contribution < -0.4 is 0 Å². The molecule has 0 saturated carbocycles. The first-order valence-corrected chi connectivity index (χ1v) is 6.84. The lowest BCUT2D eigenvalue weighted by molar-refractivity contribution is -0.231. The summed E-state index contributed by atoms with van der Waals surface area (Å²) in [5.41, 5.74) is -3.38. The van der Waals surface area contributed by atoms with Gasteiger partial charge in [-0.25, -0.2) is 9.18 Å². The molecule has 22 heavy (non-hydrogen) atoms. The molecule has 0 aromatic carbocycles. The Hall–Kier alpha value is -1.52. The van der Waals surface area contributed by atoms with E-state index in [1.165, 1.54) is 0 Å². The molecule has 128 valence electrons. The van der Waals surface area contributed by atoms with Gasteiger partial charge in [0, 0.05) is 12.2 Å². The summed E-state index contributed by atoms with van der Waals surface area (Å²) in [6, 6.07) is 0. The number of carbonyl (C=O) groups excluding carboxylic acids is 2. The highest BCUT2D eigenvalue weighted by molar-refractivity contribution is 8.00. The summed E-state index contributed by atoms with van der Waals surface area (Å²) < 4.78 is 61.3. The maximum absolute atomic E-state index is 13.3. The van der Waals surface area contributed by atoms with Crippen LogP contribution in [0.3, 0.4) is 0 Å². The van der Waals surface area contributed by atoms with Crippen LogP contribution in [0.5, 0.6) is 0 Å². The Bertz CT molecular complexity index is 427. The van der Waals surface area contributed by atoms with Crippen LogP contribution in [0.25, 0.3) is 0 Å². The summed E-state index contributed by atoms with van der Waals surface area (Å²) in [4.78, 5) is 32.9. The second-order valence-corrected chi connectivity index (χ2v) is 5.14. The predicted molar refractivity (Wildman–Crippen MR) is 67.0 cm³/mol. The molecule has 1 N–H and O–H groups in total. The molecule has 0 aromatic heterocycles. The highest BCUT2D eigenvalue weighted by Crippen LogP contribution is 2.46. The van der Waals surface area contributed by atoms with Gasteiger partial charge >= 0.3 is 24.1 Å². The summed E-state index contributed by atoms with van der Waals surface area (Å²) in [5.74, 6) is -6.39. The number of carboxylic acids is 1. The van der Waals surface area contributed by atoms with E-state index in [0.29, 0.717) is 18.9 Å². The number of aliphatic carboxylic acids is 1. The van der Waals surface area contributed by atoms with E-state index in [0.717, 1.165) is 7.11 Å². The van der Waals surface area contributed by atoms with E-state index in [2.05, 4.69) is 9.47 Å². The highest BCUT2D eigenvalue weighted by atomic mass is 32.2. The number of hydrogen-bond donors (Lipinski definition) is 1. The van der Waals surface area contributed by atoms with Crippen molar-refractivity contribution in [2.45, 2.75) is 18.8 Å². The van der Waals surface area contributed by atoms with Gasteiger partial charge in [-0.3, -0.25) is 9.59 Å². The predicted octanol–water partition coefficient (Wildman–Crippen LogP) is 1.43. The van der Waals surface area contributed by atoms with Crippen molar-refractivity contribution >= 4 is 29.7 Å². The zero-order valence-electron chi connectivity index (χ0n) is 11.6. The van der Waals surface area contributed by atoms with Crippen molar-refractivity contribution in [2.75, 3.05) is 25.7 Å². The molecule has 0 aromatic rings. The zero-order chi connectivity index (χ0) is 17.6. The SMILES string of the molecule is COC(=O)CSCC(CC(F)C(=O)O)(C(=O)OC)C(F)(F)F. The molecule has 0 heterocycles. The fourth-order valence-electron chi connectivity index (χ4n) is 1.47. The summed E-state index contributed by atoms with van der Waals surface area (Å²) in [5, 5.41) is 8.44. The largest absolute Gasteiger partial charge is 0.479 e. The summed E-state index contributed by atoms with van der Waals surface area (Å²) >= 11 is 0.362. The van der Waals surface area contributed by atoms with Crippen molar-refractivity contribution in [3.8, 4) is 0 Å². The number of esters is 2. The van der Waals surface area contributed by atoms with E-state index in [-0.39, 0.29) is 0 Å². The smallest absolute Gasteiger partial charge is 0.405 e. The second kappa shape index (κ2) is 8.20. The molecule has 2 unspecified atom stereocenters. The van der Waals surface area contributed by atoms with E-state index in [9.17, 15) is 31.9 Å². The van der Waals surface area contributed by atoms with Crippen molar-refractivity contribution in [3.05, 3.63) is 0 Å². The fourth-order valence-corrected chi connectivity index (χ4v) is 2.61. The summed E-state index contributed by atoms with van der Waals surface area (Å²) in [6.45, 7) is 0. The first kappa shape index (κ1) is 20.5. The van der Waals surface area contributed by atoms with Gasteiger partial charge < -0.3 is 14.6 Å². The van der Waals surface area contributed by atoms with Crippen molar-refractivity contribution in [1.82, 2.24) is 0 Å². The van der Waals surface area contributed by atoms with Gasteiger partial charge in [0.1, 0.15) is 0 Å². The zero-order valence-corrected chi connectivity index (χ0v) is 12.4. The molecule has 0 radical (unpaired) electrons. The maximum Gasteiger partial charge on any atom is 0.405 e. The Balaban J connectivity index is 5.44. The van der Waals surface area contributed by atoms with Gasteiger partial charge in [-0.1, -0.05) is 0 Å². The van der Waals surface area contributed by atoms with Crippen LogP contribution in [-0.2, 0) is 23.9 Å². The van der Waals surface area contributed by atoms with Gasteiger partial charge in [-0.05, 0) is 0 Å². The minimum Gasteiger partial charge on any atom is -0.479 e. The minimum absolute atomic E-state index is 0.362. The lowest BCUT2D eigenvalue weighted by Crippen LogP contribution is -2.50. The third kappa shape index (κ3) is 5.04. The van der Waals surface area contributed by atoms with E-state index in [4.69, 9.17) is 5.11 Å². The molecule has 0 saturated heterocycles. The number of methoxy groups -OCH3 is 2. The Morgan fingerprint density at radius 2 is 1.73 bits per heavy atom. The molecule has 0 spiro atoms. The lowest BCUT2D eigenvalue weighted by Gasteiger charge is -2.32. The molecule has 6 nitrogen and oxygen atoms in total. The highest BCUT2D eigenvalue weighted by Gasteiger charge is 2.62. The first-order valence-electron chi connectivity index (χ1n) is 5.68. The van der Waals surface area contributed by atoms with Gasteiger partial charge in [0.2, 0.25) is 0 Å². The second-order valence-electron chi connectivity index (χ2n) is 4.15. The van der Waals surface area contributed by atoms with E-state index in [1.54, 1.807) is 0 Å². The molecular weight excluding hydrogens is 336 g/mol. The molecular formula is C11H14F4O6S. The Morgan fingerprint density at radius 3 is 2.09 bits per heavy atom. The molecule has 0 bridgehead atoms. The molecule has 0 aliphatic rings. The van der Waals surface area contributed by atoms with Gasteiger partial charge in [0.05, 0.1) is 20.0 Å². The van der Waals surface area contributed by atoms with Crippen LogP contribution in [0, 0.1) is 5.41 Å². The van der Waals surface area contributed by atoms with E-state index >= 15 is 0 Å². The van der Waals surface area contributed by atoms with Crippen molar-refractivity contribution < 1.29 is 46.5 Å². The number of alkyl halides is 4. The number of carboxylic acid groups (broad SMARTS) is 1. The van der Waals surface area contributed by atoms with E-state index in [1.807, 2.05) is 0 Å². The average molecular weight is 350 g/mol. The number of hydrogen-bond acceptors (Lipinski definition) is 6. The van der Waals surface area contributed by atoms with Crippen LogP contribution in [0.15, 0.2) is 0 Å². The third-order valence-electron chi connectivity index (χ3n) is 2.71. The van der Waals surface area contributed by atoms with Gasteiger partial charge in [0.15, 0.2) is 11.6 Å². The number of halogens is 4. The number of carbonyl (C=O) groups is 3. The average Bonchev–Trinajstić information content (AvgIpc) is 2.43. The van der Waals surface area contributed by atoms with Crippen LogP contribution in [-0.4, -0.2) is 61.1 Å². The molecule has 0 rings (SSSR count).